The molecule has 0 radical (unpaired) electrons. The Kier molecular flexibility index (Phi) is 7.13. The number of nitrogens with zero attached hydrogens (tertiary/aromatic N) is 2. The van der Waals surface area contributed by atoms with Crippen LogP contribution in [0.5, 0.6) is 0 Å². The molecule has 7 nitrogen and oxygen atoms in total. The van der Waals surface area contributed by atoms with Gasteiger partial charge in [0.05, 0.1) is 15.0 Å². The van der Waals surface area contributed by atoms with Crippen molar-refractivity contribution in [3.63, 3.8) is 0 Å². The third-order valence-corrected chi connectivity index (χ3v) is 7.33. The van der Waals surface area contributed by atoms with Gasteiger partial charge in [0.15, 0.2) is 0 Å². The molecule has 0 fully saturated rings. The lowest BCUT2D eigenvalue weighted by atomic mass is 9.99. The van der Waals surface area contributed by atoms with E-state index in [1.165, 1.54) is 12.1 Å². The summed E-state index contributed by atoms with van der Waals surface area (Å²) in [5.74, 6) is 0. The van der Waals surface area contributed by atoms with Gasteiger partial charge in [-0.3, -0.25) is 15.0 Å². The molecule has 1 N–H and O–H groups in total. The summed E-state index contributed by atoms with van der Waals surface area (Å²) >= 11 is 11.9. The largest absolute Gasteiger partial charge is 0.299 e. The third kappa shape index (κ3) is 5.46. The van der Waals surface area contributed by atoms with Crippen LogP contribution in [0.1, 0.15) is 24.0 Å². The highest BCUT2D eigenvalue weighted by Crippen LogP contribution is 2.28. The van der Waals surface area contributed by atoms with E-state index in [4.69, 9.17) is 23.2 Å². The quantitative estimate of drug-likeness (QED) is 0.367. The molecule has 1 heterocycles. The molecule has 0 bridgehead atoms. The zero-order valence-corrected chi connectivity index (χ0v) is 17.9. The number of rotatable bonds is 8. The van der Waals surface area contributed by atoms with Gasteiger partial charge in [0.2, 0.25) is 10.0 Å². The average Bonchev–Trinajstić information content (AvgIpc) is 2.69. The van der Waals surface area contributed by atoms with E-state index in [9.17, 15) is 18.5 Å². The number of halogens is 2. The summed E-state index contributed by atoms with van der Waals surface area (Å²) in [6.45, 7) is 2.64. The van der Waals surface area contributed by atoms with Crippen LogP contribution in [0.2, 0.25) is 10.0 Å². The highest BCUT2D eigenvalue weighted by atomic mass is 35.5. The minimum absolute atomic E-state index is 0.0164. The topological polar surface area (TPSA) is 92.6 Å². The lowest BCUT2D eigenvalue weighted by Gasteiger charge is -2.28. The fourth-order valence-electron chi connectivity index (χ4n) is 3.34. The molecule has 0 saturated carbocycles. The number of nitro benzene ring substituents is 1. The van der Waals surface area contributed by atoms with Crippen molar-refractivity contribution < 1.29 is 13.3 Å². The van der Waals surface area contributed by atoms with Crippen LogP contribution in [-0.2, 0) is 23.0 Å². The molecule has 0 aliphatic carbocycles. The molecule has 1 aliphatic rings. The van der Waals surface area contributed by atoms with Gasteiger partial charge in [0.1, 0.15) is 4.90 Å². The van der Waals surface area contributed by atoms with E-state index in [0.29, 0.717) is 19.5 Å². The summed E-state index contributed by atoms with van der Waals surface area (Å²) in [6, 6.07) is 9.52. The second-order valence-corrected chi connectivity index (χ2v) is 9.41. The molecule has 0 unspecified atom stereocenters. The summed E-state index contributed by atoms with van der Waals surface area (Å²) in [7, 11) is -3.72. The van der Waals surface area contributed by atoms with Crippen molar-refractivity contribution in [2.24, 2.45) is 0 Å². The predicted octanol–water partition coefficient (Wildman–Crippen LogP) is 4.02. The van der Waals surface area contributed by atoms with Crippen molar-refractivity contribution in [3.05, 3.63) is 67.7 Å². The first-order valence-corrected chi connectivity index (χ1v) is 11.4. The Morgan fingerprint density at radius 2 is 1.93 bits per heavy atom. The first-order chi connectivity index (χ1) is 13.8. The first-order valence-electron chi connectivity index (χ1n) is 9.20. The van der Waals surface area contributed by atoms with Gasteiger partial charge in [0.25, 0.3) is 5.69 Å². The minimum atomic E-state index is -3.72. The van der Waals surface area contributed by atoms with Crippen molar-refractivity contribution in [2.45, 2.75) is 30.7 Å². The Bertz CT molecular complexity index is 1010. The van der Waals surface area contributed by atoms with Crippen molar-refractivity contribution in [2.75, 3.05) is 19.6 Å². The zero-order valence-electron chi connectivity index (χ0n) is 15.6. The Morgan fingerprint density at radius 1 is 1.14 bits per heavy atom. The van der Waals surface area contributed by atoms with Crippen LogP contribution in [-0.4, -0.2) is 37.9 Å². The van der Waals surface area contributed by atoms with E-state index < -0.39 is 10.0 Å². The fraction of sp³-hybridized carbons (Fsp3) is 0.368. The van der Waals surface area contributed by atoms with E-state index in [1.807, 2.05) is 6.07 Å². The molecule has 0 saturated heterocycles. The summed E-state index contributed by atoms with van der Waals surface area (Å²) in [5.41, 5.74) is 2.25. The standard InChI is InChI=1S/C19H21Cl2N3O4S/c20-17-4-3-5-18(19(17)21)29(27,28)22-9-1-2-10-23-11-8-14-6-7-16(24(25)26)12-15(14)13-23/h3-7,12,22H,1-2,8-11,13H2. The number of nitrogens with one attached hydrogen (secondary N) is 1. The molecule has 3 rings (SSSR count). The highest BCUT2D eigenvalue weighted by molar-refractivity contribution is 7.89. The molecular formula is C19H21Cl2N3O4S. The lowest BCUT2D eigenvalue weighted by molar-refractivity contribution is -0.385. The highest BCUT2D eigenvalue weighted by Gasteiger charge is 2.20. The maximum absolute atomic E-state index is 12.4. The number of unbranched alkanes of at least 4 members (excludes halogenated alkanes) is 1. The van der Waals surface area contributed by atoms with Crippen LogP contribution in [0.15, 0.2) is 41.3 Å². The summed E-state index contributed by atoms with van der Waals surface area (Å²) in [4.78, 5) is 12.8. The number of non-ortho nitro benzene ring substituents is 1. The van der Waals surface area contributed by atoms with Crippen LogP contribution in [0.4, 0.5) is 5.69 Å². The number of hydrogen-bond acceptors (Lipinski definition) is 5. The Morgan fingerprint density at radius 3 is 2.69 bits per heavy atom. The molecule has 0 amide bonds. The van der Waals surface area contributed by atoms with Crippen molar-refractivity contribution >= 4 is 38.9 Å². The van der Waals surface area contributed by atoms with Crippen molar-refractivity contribution in [1.82, 2.24) is 9.62 Å². The molecular weight excluding hydrogens is 437 g/mol. The van der Waals surface area contributed by atoms with E-state index in [2.05, 4.69) is 9.62 Å². The Balaban J connectivity index is 1.47. The van der Waals surface area contributed by atoms with E-state index in [0.717, 1.165) is 37.1 Å². The normalized spacial score (nSPS) is 14.6. The average molecular weight is 458 g/mol. The van der Waals surface area contributed by atoms with Gasteiger partial charge >= 0.3 is 0 Å². The molecule has 0 spiro atoms. The molecule has 2 aromatic carbocycles. The number of hydrogen-bond donors (Lipinski definition) is 1. The molecule has 156 valence electrons. The van der Waals surface area contributed by atoms with Crippen LogP contribution < -0.4 is 4.72 Å². The Labute approximate surface area is 179 Å². The molecule has 29 heavy (non-hydrogen) atoms. The Hall–Kier alpha value is -1.71. The predicted molar refractivity (Wildman–Crippen MR) is 113 cm³/mol. The minimum Gasteiger partial charge on any atom is -0.299 e. The van der Waals surface area contributed by atoms with E-state index in [1.54, 1.807) is 18.2 Å². The van der Waals surface area contributed by atoms with Gasteiger partial charge < -0.3 is 0 Å². The smallest absolute Gasteiger partial charge is 0.269 e. The van der Waals surface area contributed by atoms with Crippen LogP contribution >= 0.6 is 23.2 Å². The molecule has 0 atom stereocenters. The second-order valence-electron chi connectivity index (χ2n) is 6.89. The summed E-state index contributed by atoms with van der Waals surface area (Å²) in [5, 5.41) is 11.2. The maximum Gasteiger partial charge on any atom is 0.269 e. The van der Waals surface area contributed by atoms with Crippen LogP contribution in [0.3, 0.4) is 0 Å². The molecule has 1 aliphatic heterocycles. The lowest BCUT2D eigenvalue weighted by Crippen LogP contribution is -2.32. The van der Waals surface area contributed by atoms with Gasteiger partial charge in [-0.1, -0.05) is 35.3 Å². The van der Waals surface area contributed by atoms with Crippen molar-refractivity contribution in [3.8, 4) is 0 Å². The number of fused-ring (bicyclic) bond motifs is 1. The summed E-state index contributed by atoms with van der Waals surface area (Å²) < 4.78 is 27.3. The monoisotopic (exact) mass is 457 g/mol. The number of nitro groups is 1. The SMILES string of the molecule is O=[N+]([O-])c1ccc2c(c1)CN(CCCCNS(=O)(=O)c1cccc(Cl)c1Cl)CC2. The van der Waals surface area contributed by atoms with Crippen LogP contribution in [0, 0.1) is 10.1 Å². The van der Waals surface area contributed by atoms with Crippen LogP contribution in [0.25, 0.3) is 0 Å². The van der Waals surface area contributed by atoms with E-state index in [-0.39, 0.29) is 25.6 Å². The molecule has 2 aromatic rings. The molecule has 0 aromatic heterocycles. The fourth-order valence-corrected chi connectivity index (χ4v) is 5.18. The van der Waals surface area contributed by atoms with Gasteiger partial charge in [-0.05, 0) is 49.1 Å². The first kappa shape index (κ1) is 22.0. The second kappa shape index (κ2) is 9.40. The van der Waals surface area contributed by atoms with Gasteiger partial charge in [-0.25, -0.2) is 13.1 Å². The third-order valence-electron chi connectivity index (χ3n) is 4.89. The van der Waals surface area contributed by atoms with Crippen molar-refractivity contribution in [1.29, 1.82) is 0 Å². The number of sulfonamides is 1. The zero-order chi connectivity index (χ0) is 21.0. The van der Waals surface area contributed by atoms with Gasteiger partial charge in [-0.2, -0.15) is 0 Å². The van der Waals surface area contributed by atoms with Gasteiger partial charge in [0, 0.05) is 31.8 Å². The summed E-state index contributed by atoms with van der Waals surface area (Å²) in [6.07, 6.45) is 2.32. The molecule has 10 heteroatoms. The van der Waals surface area contributed by atoms with Gasteiger partial charge in [-0.15, -0.1) is 0 Å². The number of benzene rings is 2. The van der Waals surface area contributed by atoms with E-state index >= 15 is 0 Å². The maximum atomic E-state index is 12.4.